The number of rotatable bonds is 1. The Kier molecular flexibility index (Phi) is 1.05. The zero-order valence-corrected chi connectivity index (χ0v) is 5.23. The minimum absolute atomic E-state index is 0.0995. The second-order valence-electron chi connectivity index (χ2n) is 1.71. The Balaban J connectivity index is 2.53. The fourth-order valence-electron chi connectivity index (χ4n) is 0.627. The molecule has 0 spiro atoms. The van der Waals surface area contributed by atoms with Gasteiger partial charge in [-0.1, -0.05) is 5.10 Å². The van der Waals surface area contributed by atoms with E-state index in [0.717, 1.165) is 0 Å². The molecule has 0 fully saturated rings. The van der Waals surface area contributed by atoms with Crippen LogP contribution in [0.25, 0.3) is 5.95 Å². The topological polar surface area (TPSA) is 94.5 Å². The molecule has 0 aliphatic carbocycles. The maximum atomic E-state index is 8.91. The van der Waals surface area contributed by atoms with Gasteiger partial charge >= 0.3 is 5.95 Å². The van der Waals surface area contributed by atoms with Crippen molar-refractivity contribution in [2.75, 3.05) is 0 Å². The molecule has 0 saturated heterocycles. The third kappa shape index (κ3) is 0.801. The van der Waals surface area contributed by atoms with E-state index in [0.29, 0.717) is 4.85 Å². The zero-order chi connectivity index (χ0) is 7.68. The van der Waals surface area contributed by atoms with Crippen LogP contribution in [-0.4, -0.2) is 40.3 Å². The van der Waals surface area contributed by atoms with Gasteiger partial charge in [-0.05, 0) is 15.3 Å². The highest BCUT2D eigenvalue weighted by atomic mass is 16.5. The molecule has 0 bridgehead atoms. The van der Waals surface area contributed by atoms with Crippen LogP contribution in [-0.2, 0) is 0 Å². The van der Waals surface area contributed by atoms with Crippen molar-refractivity contribution in [3.63, 3.8) is 0 Å². The van der Waals surface area contributed by atoms with Crippen LogP contribution in [0.2, 0.25) is 0 Å². The summed E-state index contributed by atoms with van der Waals surface area (Å²) in [6.07, 6.45) is 2.69. The monoisotopic (exact) mass is 153 g/mol. The highest BCUT2D eigenvalue weighted by Gasteiger charge is 2.05. The van der Waals surface area contributed by atoms with Crippen LogP contribution in [0, 0.1) is 0 Å². The summed E-state index contributed by atoms with van der Waals surface area (Å²) in [5, 5.41) is 22.5. The first-order valence-electron chi connectivity index (χ1n) is 2.70. The second kappa shape index (κ2) is 2.01. The fraction of sp³-hybridized carbons (Fsp3) is 0. The quantitative estimate of drug-likeness (QED) is 0.500. The zero-order valence-electron chi connectivity index (χ0n) is 5.23. The summed E-state index contributed by atoms with van der Waals surface area (Å²) in [4.78, 5) is 4.16. The van der Waals surface area contributed by atoms with Crippen molar-refractivity contribution in [2.45, 2.75) is 0 Å². The summed E-state index contributed by atoms with van der Waals surface area (Å²) in [6.45, 7) is 0. The molecule has 0 aliphatic rings. The molecule has 0 radical (unpaired) electrons. The van der Waals surface area contributed by atoms with Gasteiger partial charge in [-0.15, -0.1) is 0 Å². The van der Waals surface area contributed by atoms with E-state index in [1.807, 2.05) is 0 Å². The van der Waals surface area contributed by atoms with E-state index in [9.17, 15) is 0 Å². The molecular weight excluding hydrogens is 150 g/mol. The normalized spacial score (nSPS) is 10.2. The van der Waals surface area contributed by atoms with E-state index in [4.69, 9.17) is 5.21 Å². The summed E-state index contributed by atoms with van der Waals surface area (Å²) in [7, 11) is 0. The van der Waals surface area contributed by atoms with Gasteiger partial charge in [-0.25, -0.2) is 4.98 Å². The molecule has 8 heteroatoms. The van der Waals surface area contributed by atoms with Gasteiger partial charge < -0.3 is 5.21 Å². The maximum absolute atomic E-state index is 8.91. The first-order chi connectivity index (χ1) is 5.38. The van der Waals surface area contributed by atoms with E-state index in [1.54, 1.807) is 0 Å². The number of hydrogen-bond acceptors (Lipinski definition) is 6. The standard InChI is InChI=1S/C3H3N7O/c11-10-3(6-7-8-10)9-2-4-1-5-9/h1-2,11H. The Morgan fingerprint density at radius 1 is 1.45 bits per heavy atom. The Morgan fingerprint density at radius 2 is 2.36 bits per heavy atom. The minimum atomic E-state index is 0.0995. The Morgan fingerprint density at radius 3 is 2.91 bits per heavy atom. The molecule has 0 saturated carbocycles. The SMILES string of the molecule is On1nnnc1-n1cncn1. The van der Waals surface area contributed by atoms with Crippen LogP contribution < -0.4 is 0 Å². The molecule has 0 aromatic carbocycles. The lowest BCUT2D eigenvalue weighted by atomic mass is 11.0. The first kappa shape index (κ1) is 5.77. The van der Waals surface area contributed by atoms with Gasteiger partial charge in [0.1, 0.15) is 12.7 Å². The van der Waals surface area contributed by atoms with E-state index in [2.05, 4.69) is 25.6 Å². The third-order valence-electron chi connectivity index (χ3n) is 1.06. The number of tetrazole rings is 1. The molecule has 2 aromatic heterocycles. The van der Waals surface area contributed by atoms with Crippen molar-refractivity contribution < 1.29 is 5.21 Å². The van der Waals surface area contributed by atoms with Gasteiger partial charge in [0.15, 0.2) is 0 Å². The van der Waals surface area contributed by atoms with Crippen LogP contribution in [0.1, 0.15) is 0 Å². The number of aromatic nitrogens is 7. The molecule has 11 heavy (non-hydrogen) atoms. The van der Waals surface area contributed by atoms with Crippen LogP contribution in [0.15, 0.2) is 12.7 Å². The molecule has 0 atom stereocenters. The lowest BCUT2D eigenvalue weighted by molar-refractivity contribution is 0.140. The first-order valence-corrected chi connectivity index (χ1v) is 2.70. The lowest BCUT2D eigenvalue weighted by Gasteiger charge is -1.91. The lowest BCUT2D eigenvalue weighted by Crippen LogP contribution is -2.05. The molecule has 8 nitrogen and oxygen atoms in total. The maximum Gasteiger partial charge on any atom is 0.309 e. The van der Waals surface area contributed by atoms with Gasteiger partial charge in [-0.2, -0.15) is 9.78 Å². The molecular formula is C3H3N7O. The van der Waals surface area contributed by atoms with Gasteiger partial charge in [0, 0.05) is 0 Å². The van der Waals surface area contributed by atoms with E-state index in [-0.39, 0.29) is 5.95 Å². The summed E-state index contributed by atoms with van der Waals surface area (Å²) < 4.78 is 1.24. The van der Waals surface area contributed by atoms with Crippen LogP contribution in [0.5, 0.6) is 0 Å². The fourth-order valence-corrected chi connectivity index (χ4v) is 0.627. The molecule has 2 heterocycles. The molecule has 2 rings (SSSR count). The Hall–Kier alpha value is -1.99. The van der Waals surface area contributed by atoms with Crippen LogP contribution in [0.3, 0.4) is 0 Å². The average molecular weight is 153 g/mol. The molecule has 0 unspecified atom stereocenters. The highest BCUT2D eigenvalue weighted by Crippen LogP contribution is 1.92. The van der Waals surface area contributed by atoms with Crippen molar-refractivity contribution >= 4 is 0 Å². The Labute approximate surface area is 60.0 Å². The van der Waals surface area contributed by atoms with E-state index < -0.39 is 0 Å². The van der Waals surface area contributed by atoms with E-state index >= 15 is 0 Å². The predicted molar refractivity (Wildman–Crippen MR) is 29.9 cm³/mol. The summed E-state index contributed by atoms with van der Waals surface area (Å²) >= 11 is 0. The highest BCUT2D eigenvalue weighted by molar-refractivity contribution is 4.99. The van der Waals surface area contributed by atoms with Crippen LogP contribution >= 0.6 is 0 Å². The van der Waals surface area contributed by atoms with Gasteiger partial charge in [0.2, 0.25) is 0 Å². The summed E-state index contributed by atoms with van der Waals surface area (Å²) in [5.74, 6) is 0.0995. The molecule has 1 N–H and O–H groups in total. The van der Waals surface area contributed by atoms with Crippen molar-refractivity contribution in [3.8, 4) is 5.95 Å². The predicted octanol–water partition coefficient (Wildman–Crippen LogP) is -1.51. The molecule has 2 aromatic rings. The number of nitrogens with zero attached hydrogens (tertiary/aromatic N) is 7. The molecule has 56 valence electrons. The smallest absolute Gasteiger partial charge is 0.309 e. The van der Waals surface area contributed by atoms with Gasteiger partial charge in [0.25, 0.3) is 0 Å². The molecule has 0 amide bonds. The largest absolute Gasteiger partial charge is 0.407 e. The second-order valence-corrected chi connectivity index (χ2v) is 1.71. The minimum Gasteiger partial charge on any atom is -0.407 e. The van der Waals surface area contributed by atoms with Crippen molar-refractivity contribution in [1.29, 1.82) is 0 Å². The molecule has 0 aliphatic heterocycles. The van der Waals surface area contributed by atoms with Crippen LogP contribution in [0.4, 0.5) is 0 Å². The summed E-state index contributed by atoms with van der Waals surface area (Å²) in [5.41, 5.74) is 0. The average Bonchev–Trinajstić information content (AvgIpc) is 2.55. The van der Waals surface area contributed by atoms with Crippen molar-refractivity contribution in [2.24, 2.45) is 0 Å². The van der Waals surface area contributed by atoms with E-state index in [1.165, 1.54) is 17.3 Å². The Bertz CT molecular complexity index is 336. The summed E-state index contributed by atoms with van der Waals surface area (Å²) in [6, 6.07) is 0. The van der Waals surface area contributed by atoms with Crippen molar-refractivity contribution in [3.05, 3.63) is 12.7 Å². The van der Waals surface area contributed by atoms with Crippen molar-refractivity contribution in [1.82, 2.24) is 35.1 Å². The number of hydrogen-bond donors (Lipinski definition) is 1. The van der Waals surface area contributed by atoms with Gasteiger partial charge in [0.05, 0.1) is 0 Å². The third-order valence-corrected chi connectivity index (χ3v) is 1.06. The van der Waals surface area contributed by atoms with Gasteiger partial charge in [-0.3, -0.25) is 0 Å².